The highest BCUT2D eigenvalue weighted by atomic mass is 19.1. The molecule has 0 spiro atoms. The van der Waals surface area contributed by atoms with Crippen LogP contribution >= 0.6 is 0 Å². The van der Waals surface area contributed by atoms with Crippen molar-refractivity contribution in [2.24, 2.45) is 0 Å². The SMILES string of the molecule is C#C.C=C.CC(C)=Cc1nc2ccc(C3=CCCC=C3)cc2o1.CCC(C)F.CF. The minimum absolute atomic E-state index is 0.500. The van der Waals surface area contributed by atoms with Crippen molar-refractivity contribution in [2.45, 2.75) is 53.1 Å². The molecule has 164 valence electrons. The number of oxazole rings is 1. The van der Waals surface area contributed by atoms with Crippen LogP contribution < -0.4 is 0 Å². The highest BCUT2D eigenvalue weighted by Crippen LogP contribution is 2.26. The number of terminal acetylenes is 1. The minimum atomic E-state index is -0.616. The lowest BCUT2D eigenvalue weighted by Gasteiger charge is -2.06. The molecule has 1 unspecified atom stereocenters. The Morgan fingerprint density at radius 3 is 2.30 bits per heavy atom. The number of aromatic nitrogens is 1. The number of benzene rings is 1. The second-order valence-electron chi connectivity index (χ2n) is 6.28. The van der Waals surface area contributed by atoms with Gasteiger partial charge >= 0.3 is 0 Å². The number of alkyl halides is 2. The molecule has 0 aliphatic heterocycles. The van der Waals surface area contributed by atoms with Gasteiger partial charge in [-0.25, -0.2) is 9.37 Å². The van der Waals surface area contributed by atoms with Crippen LogP contribution in [0.5, 0.6) is 0 Å². The zero-order valence-electron chi connectivity index (χ0n) is 18.9. The fraction of sp³-hybridized carbons (Fsp3) is 0.346. The zero-order chi connectivity index (χ0) is 23.5. The van der Waals surface area contributed by atoms with Gasteiger partial charge in [0, 0.05) is 0 Å². The molecule has 2 aromatic rings. The number of rotatable bonds is 3. The first-order valence-electron chi connectivity index (χ1n) is 9.77. The Bertz CT molecular complexity index is 822. The van der Waals surface area contributed by atoms with Crippen LogP contribution in [0.15, 0.2) is 59.6 Å². The molecule has 0 saturated heterocycles. The van der Waals surface area contributed by atoms with Gasteiger partial charge in [-0.3, -0.25) is 4.39 Å². The smallest absolute Gasteiger partial charge is 0.219 e. The number of hydrogen-bond donors (Lipinski definition) is 0. The number of nitrogens with zero attached hydrogens (tertiary/aromatic N) is 1. The standard InChI is InChI=1S/C17H17NO.C4H9F.C2H4.C2H2.CH3F/c1-12(2)10-17-18-15-9-8-14(11-16(15)19-17)13-6-4-3-5-7-13;1-3-4(2)5;3*1-2/h4,6-11H,3,5H2,1-2H3;4H,3H2,1-2H3;1-2H2;1-2H;1H3. The van der Waals surface area contributed by atoms with E-state index in [-0.39, 0.29) is 0 Å². The summed E-state index contributed by atoms with van der Waals surface area (Å²) in [6.07, 6.45) is 18.9. The van der Waals surface area contributed by atoms with E-state index in [0.29, 0.717) is 19.5 Å². The van der Waals surface area contributed by atoms with Gasteiger partial charge in [-0.1, -0.05) is 36.8 Å². The Hall–Kier alpha value is -2.93. The van der Waals surface area contributed by atoms with Crippen molar-refractivity contribution < 1.29 is 13.2 Å². The van der Waals surface area contributed by atoms with Gasteiger partial charge < -0.3 is 4.42 Å². The predicted octanol–water partition coefficient (Wildman–Crippen LogP) is 8.38. The first-order valence-corrected chi connectivity index (χ1v) is 9.77. The van der Waals surface area contributed by atoms with E-state index >= 15 is 0 Å². The third-order valence-electron chi connectivity index (χ3n) is 3.71. The highest BCUT2D eigenvalue weighted by Gasteiger charge is 2.07. The predicted molar refractivity (Wildman–Crippen MR) is 129 cm³/mol. The second kappa shape index (κ2) is 18.1. The molecule has 1 aromatic carbocycles. The number of fused-ring (bicyclic) bond motifs is 1. The first kappa shape index (κ1) is 29.3. The van der Waals surface area contributed by atoms with E-state index in [1.165, 1.54) is 16.7 Å². The number of halogens is 2. The Balaban J connectivity index is 0. The van der Waals surface area contributed by atoms with E-state index < -0.39 is 6.17 Å². The summed E-state index contributed by atoms with van der Waals surface area (Å²) in [5, 5.41) is 0. The lowest BCUT2D eigenvalue weighted by Crippen LogP contribution is -1.85. The molecular weight excluding hydrogens is 380 g/mol. The van der Waals surface area contributed by atoms with Gasteiger partial charge in [0.2, 0.25) is 5.89 Å². The van der Waals surface area contributed by atoms with E-state index in [9.17, 15) is 8.78 Å². The first-order chi connectivity index (χ1) is 14.5. The quantitative estimate of drug-likeness (QED) is 0.372. The zero-order valence-corrected chi connectivity index (χ0v) is 18.9. The van der Waals surface area contributed by atoms with Crippen LogP contribution in [0.4, 0.5) is 8.78 Å². The van der Waals surface area contributed by atoms with Crippen molar-refractivity contribution in [1.82, 2.24) is 4.98 Å². The van der Waals surface area contributed by atoms with E-state index in [1.54, 1.807) is 6.92 Å². The van der Waals surface area contributed by atoms with Gasteiger partial charge in [-0.05, 0) is 69.4 Å². The molecule has 1 heterocycles. The second-order valence-corrected chi connectivity index (χ2v) is 6.28. The molecule has 0 saturated carbocycles. The molecule has 0 fully saturated rings. The molecule has 0 radical (unpaired) electrons. The van der Waals surface area contributed by atoms with Crippen molar-refractivity contribution in [2.75, 3.05) is 7.18 Å². The molecule has 0 amide bonds. The van der Waals surface area contributed by atoms with Crippen LogP contribution in [0.2, 0.25) is 0 Å². The Kier molecular flexibility index (Phi) is 17.7. The Morgan fingerprint density at radius 1 is 1.23 bits per heavy atom. The van der Waals surface area contributed by atoms with Crippen molar-refractivity contribution in [1.29, 1.82) is 0 Å². The van der Waals surface area contributed by atoms with Crippen LogP contribution in [0, 0.1) is 12.8 Å². The highest BCUT2D eigenvalue weighted by molar-refractivity contribution is 5.83. The van der Waals surface area contributed by atoms with Crippen LogP contribution in [0.25, 0.3) is 22.7 Å². The van der Waals surface area contributed by atoms with E-state index in [1.807, 2.05) is 32.9 Å². The van der Waals surface area contributed by atoms with Crippen LogP contribution in [-0.2, 0) is 0 Å². The summed E-state index contributed by atoms with van der Waals surface area (Å²) in [4.78, 5) is 4.46. The summed E-state index contributed by atoms with van der Waals surface area (Å²) in [5.41, 5.74) is 5.42. The molecule has 2 nitrogen and oxygen atoms in total. The summed E-state index contributed by atoms with van der Waals surface area (Å²) in [7, 11) is 0.500. The molecule has 0 N–H and O–H groups in total. The van der Waals surface area contributed by atoms with Gasteiger partial charge in [-0.15, -0.1) is 26.0 Å². The van der Waals surface area contributed by atoms with Crippen molar-refractivity contribution in [3.63, 3.8) is 0 Å². The third kappa shape index (κ3) is 11.2. The average molecular weight is 416 g/mol. The molecule has 1 aromatic heterocycles. The average Bonchev–Trinajstić information content (AvgIpc) is 3.19. The maximum Gasteiger partial charge on any atom is 0.219 e. The van der Waals surface area contributed by atoms with Crippen molar-refractivity contribution >= 4 is 22.7 Å². The molecule has 0 bridgehead atoms. The van der Waals surface area contributed by atoms with Crippen LogP contribution in [-0.4, -0.2) is 18.3 Å². The van der Waals surface area contributed by atoms with Crippen LogP contribution in [0.3, 0.4) is 0 Å². The number of allylic oxidation sites excluding steroid dienone is 5. The van der Waals surface area contributed by atoms with Gasteiger partial charge in [0.25, 0.3) is 0 Å². The topological polar surface area (TPSA) is 26.0 Å². The molecule has 4 heteroatoms. The molecule has 1 atom stereocenters. The number of hydrogen-bond acceptors (Lipinski definition) is 2. The summed E-state index contributed by atoms with van der Waals surface area (Å²) in [6, 6.07) is 6.21. The summed E-state index contributed by atoms with van der Waals surface area (Å²) >= 11 is 0. The van der Waals surface area contributed by atoms with E-state index in [2.05, 4.69) is 61.3 Å². The lowest BCUT2D eigenvalue weighted by atomic mass is 9.99. The van der Waals surface area contributed by atoms with Gasteiger partial charge in [-0.2, -0.15) is 0 Å². The summed E-state index contributed by atoms with van der Waals surface area (Å²) < 4.78 is 26.7. The Morgan fingerprint density at radius 2 is 1.83 bits per heavy atom. The minimum Gasteiger partial charge on any atom is -0.437 e. The summed E-state index contributed by atoms with van der Waals surface area (Å²) in [5.74, 6) is 0.681. The molecule has 3 rings (SSSR count). The largest absolute Gasteiger partial charge is 0.437 e. The fourth-order valence-corrected chi connectivity index (χ4v) is 2.26. The summed E-state index contributed by atoms with van der Waals surface area (Å²) in [6.45, 7) is 13.5. The molecule has 1 aliphatic rings. The maximum absolute atomic E-state index is 11.4. The molecule has 30 heavy (non-hydrogen) atoms. The van der Waals surface area contributed by atoms with E-state index in [0.717, 1.165) is 23.9 Å². The van der Waals surface area contributed by atoms with E-state index in [4.69, 9.17) is 4.42 Å². The fourth-order valence-electron chi connectivity index (χ4n) is 2.26. The third-order valence-corrected chi connectivity index (χ3v) is 3.71. The molecular formula is C26H35F2NO. The molecule has 1 aliphatic carbocycles. The van der Waals surface area contributed by atoms with Crippen LogP contribution in [0.1, 0.15) is 58.4 Å². The van der Waals surface area contributed by atoms with Gasteiger partial charge in [0.1, 0.15) is 5.52 Å². The maximum atomic E-state index is 11.4. The van der Waals surface area contributed by atoms with Gasteiger partial charge in [0.15, 0.2) is 5.58 Å². The lowest BCUT2D eigenvalue weighted by molar-refractivity contribution is 0.352. The monoisotopic (exact) mass is 415 g/mol. The van der Waals surface area contributed by atoms with Crippen molar-refractivity contribution in [3.05, 3.63) is 66.6 Å². The normalized spacial score (nSPS) is 12.1. The van der Waals surface area contributed by atoms with Gasteiger partial charge in [0.05, 0.1) is 13.3 Å². The Labute approximate surface area is 181 Å². The van der Waals surface area contributed by atoms with Crippen molar-refractivity contribution in [3.8, 4) is 12.8 Å².